The van der Waals surface area contributed by atoms with Crippen molar-refractivity contribution < 1.29 is 14.3 Å². The molecule has 1 heterocycles. The van der Waals surface area contributed by atoms with Crippen LogP contribution < -0.4 is 4.74 Å². The van der Waals surface area contributed by atoms with Crippen LogP contribution >= 0.6 is 0 Å². The van der Waals surface area contributed by atoms with Crippen LogP contribution in [0.4, 0.5) is 0 Å². The summed E-state index contributed by atoms with van der Waals surface area (Å²) in [6.45, 7) is 1.91. The van der Waals surface area contributed by atoms with Crippen LogP contribution in [0.1, 0.15) is 53.8 Å². The number of para-hydroxylation sites is 1. The van der Waals surface area contributed by atoms with Gasteiger partial charge in [-0.2, -0.15) is 5.10 Å². The first-order valence-corrected chi connectivity index (χ1v) is 9.00. The van der Waals surface area contributed by atoms with Gasteiger partial charge in [0.05, 0.1) is 25.8 Å². The monoisotopic (exact) mass is 355 g/mol. The maximum absolute atomic E-state index is 11.9. The molecule has 6 nitrogen and oxygen atoms in total. The molecule has 0 bridgehead atoms. The molecular weight excluding hydrogens is 330 g/mol. The molecule has 0 aliphatic heterocycles. The van der Waals surface area contributed by atoms with Crippen molar-refractivity contribution >= 4 is 11.8 Å². The summed E-state index contributed by atoms with van der Waals surface area (Å²) >= 11 is 0. The highest BCUT2D eigenvalue weighted by Gasteiger charge is 2.21. The van der Waals surface area contributed by atoms with Gasteiger partial charge in [0.1, 0.15) is 5.75 Å². The van der Waals surface area contributed by atoms with Gasteiger partial charge >= 0.3 is 5.97 Å². The molecule has 1 aliphatic rings. The second kappa shape index (κ2) is 8.17. The Morgan fingerprint density at radius 3 is 2.62 bits per heavy atom. The van der Waals surface area contributed by atoms with Crippen LogP contribution in [0.25, 0.3) is 0 Å². The zero-order valence-corrected chi connectivity index (χ0v) is 15.6. The molecule has 0 saturated heterocycles. The molecule has 138 valence electrons. The number of carbonyl (C=O) groups is 1. The fourth-order valence-electron chi connectivity index (χ4n) is 3.34. The fourth-order valence-corrected chi connectivity index (χ4v) is 3.34. The molecule has 0 amide bonds. The molecule has 1 aromatic carbocycles. The lowest BCUT2D eigenvalue weighted by atomic mass is 9.96. The van der Waals surface area contributed by atoms with E-state index in [2.05, 4.69) is 5.10 Å². The molecule has 1 fully saturated rings. The van der Waals surface area contributed by atoms with Crippen LogP contribution in [0.15, 0.2) is 35.3 Å². The van der Waals surface area contributed by atoms with Crippen molar-refractivity contribution in [3.05, 3.63) is 47.3 Å². The SMILES string of the molecule is COC(=O)c1cc(C)n(C(=NC2CCCCC2)c2ccccc2OC)n1. The van der Waals surface area contributed by atoms with Crippen LogP contribution in [0.5, 0.6) is 5.75 Å². The minimum atomic E-state index is -0.455. The molecule has 26 heavy (non-hydrogen) atoms. The number of carbonyl (C=O) groups excluding carboxylic acids is 1. The van der Waals surface area contributed by atoms with Gasteiger partial charge in [-0.05, 0) is 38.0 Å². The quantitative estimate of drug-likeness (QED) is 0.477. The molecule has 1 saturated carbocycles. The van der Waals surface area contributed by atoms with Gasteiger partial charge in [-0.3, -0.25) is 4.99 Å². The smallest absolute Gasteiger partial charge is 0.358 e. The number of hydrogen-bond donors (Lipinski definition) is 0. The van der Waals surface area contributed by atoms with Crippen molar-refractivity contribution in [1.29, 1.82) is 0 Å². The lowest BCUT2D eigenvalue weighted by molar-refractivity contribution is 0.0593. The molecule has 0 radical (unpaired) electrons. The van der Waals surface area contributed by atoms with E-state index in [9.17, 15) is 4.79 Å². The van der Waals surface area contributed by atoms with Crippen molar-refractivity contribution in [2.24, 2.45) is 4.99 Å². The molecule has 2 aromatic rings. The van der Waals surface area contributed by atoms with E-state index in [0.717, 1.165) is 29.8 Å². The number of rotatable bonds is 4. The molecule has 0 atom stereocenters. The van der Waals surface area contributed by atoms with Crippen molar-refractivity contribution in [2.45, 2.75) is 45.1 Å². The summed E-state index contributed by atoms with van der Waals surface area (Å²) in [4.78, 5) is 16.9. The van der Waals surface area contributed by atoms with Crippen molar-refractivity contribution in [1.82, 2.24) is 9.78 Å². The standard InChI is InChI=1S/C20H25N3O3/c1-14-13-17(20(24)26-3)22-23(14)19(21-15-9-5-4-6-10-15)16-11-7-8-12-18(16)25-2/h7-8,11-13,15H,4-6,9-10H2,1-3H3. The van der Waals surface area contributed by atoms with E-state index in [1.54, 1.807) is 17.9 Å². The van der Waals surface area contributed by atoms with E-state index in [-0.39, 0.29) is 11.7 Å². The van der Waals surface area contributed by atoms with Gasteiger partial charge in [0.2, 0.25) is 0 Å². The van der Waals surface area contributed by atoms with Gasteiger partial charge < -0.3 is 9.47 Å². The van der Waals surface area contributed by atoms with E-state index >= 15 is 0 Å². The number of nitrogens with zero attached hydrogens (tertiary/aromatic N) is 3. The third kappa shape index (κ3) is 3.79. The van der Waals surface area contributed by atoms with Crippen molar-refractivity contribution in [3.8, 4) is 5.75 Å². The van der Waals surface area contributed by atoms with Gasteiger partial charge in [-0.15, -0.1) is 0 Å². The summed E-state index contributed by atoms with van der Waals surface area (Å²) in [6.07, 6.45) is 5.80. The summed E-state index contributed by atoms with van der Waals surface area (Å²) in [6, 6.07) is 9.74. The average Bonchev–Trinajstić information content (AvgIpc) is 3.07. The second-order valence-corrected chi connectivity index (χ2v) is 6.52. The van der Waals surface area contributed by atoms with Gasteiger partial charge in [0.25, 0.3) is 0 Å². The molecule has 0 unspecified atom stereocenters. The van der Waals surface area contributed by atoms with Crippen molar-refractivity contribution in [2.75, 3.05) is 14.2 Å². The van der Waals surface area contributed by atoms with Crippen LogP contribution in [-0.4, -0.2) is 41.8 Å². The highest BCUT2D eigenvalue weighted by atomic mass is 16.5. The Balaban J connectivity index is 2.10. The number of methoxy groups -OCH3 is 2. The summed E-state index contributed by atoms with van der Waals surface area (Å²) in [5.74, 6) is 0.988. The molecule has 1 aliphatic carbocycles. The Hall–Kier alpha value is -2.63. The molecule has 0 spiro atoms. The molecule has 1 aromatic heterocycles. The third-order valence-electron chi connectivity index (χ3n) is 4.71. The summed E-state index contributed by atoms with van der Waals surface area (Å²) in [5, 5.41) is 4.45. The highest BCUT2D eigenvalue weighted by molar-refractivity contribution is 6.03. The first-order chi connectivity index (χ1) is 12.6. The topological polar surface area (TPSA) is 65.7 Å². The first kappa shape index (κ1) is 18.2. The zero-order chi connectivity index (χ0) is 18.5. The summed E-state index contributed by atoms with van der Waals surface area (Å²) in [7, 11) is 3.00. The fraction of sp³-hybridized carbons (Fsp3) is 0.450. The van der Waals surface area contributed by atoms with E-state index in [0.29, 0.717) is 5.84 Å². The maximum Gasteiger partial charge on any atom is 0.358 e. The number of aliphatic imine (C=N–C) groups is 1. The Kier molecular flexibility index (Phi) is 5.71. The average molecular weight is 355 g/mol. The van der Waals surface area contributed by atoms with Gasteiger partial charge in [-0.1, -0.05) is 31.4 Å². The predicted molar refractivity (Wildman–Crippen MR) is 100 cm³/mol. The van der Waals surface area contributed by atoms with Crippen LogP contribution in [0.2, 0.25) is 0 Å². The number of aromatic nitrogens is 2. The Morgan fingerprint density at radius 2 is 1.92 bits per heavy atom. The highest BCUT2D eigenvalue weighted by Crippen LogP contribution is 2.25. The van der Waals surface area contributed by atoms with Crippen LogP contribution in [-0.2, 0) is 4.74 Å². The van der Waals surface area contributed by atoms with E-state index < -0.39 is 5.97 Å². The number of aryl methyl sites for hydroxylation is 1. The second-order valence-electron chi connectivity index (χ2n) is 6.52. The molecular formula is C20H25N3O3. The summed E-state index contributed by atoms with van der Waals surface area (Å²) in [5.41, 5.74) is 1.96. The largest absolute Gasteiger partial charge is 0.496 e. The van der Waals surface area contributed by atoms with E-state index in [4.69, 9.17) is 14.5 Å². The Morgan fingerprint density at radius 1 is 1.19 bits per heavy atom. The minimum absolute atomic E-state index is 0.258. The normalized spacial score (nSPS) is 15.7. The first-order valence-electron chi connectivity index (χ1n) is 9.00. The predicted octanol–water partition coefficient (Wildman–Crippen LogP) is 3.61. The van der Waals surface area contributed by atoms with Gasteiger partial charge in [0.15, 0.2) is 11.5 Å². The van der Waals surface area contributed by atoms with E-state index in [1.165, 1.54) is 26.4 Å². The van der Waals surface area contributed by atoms with Gasteiger partial charge in [0, 0.05) is 5.69 Å². The lowest BCUT2D eigenvalue weighted by Crippen LogP contribution is -2.22. The molecule has 6 heteroatoms. The zero-order valence-electron chi connectivity index (χ0n) is 15.6. The molecule has 3 rings (SSSR count). The van der Waals surface area contributed by atoms with Gasteiger partial charge in [-0.25, -0.2) is 9.48 Å². The summed E-state index contributed by atoms with van der Waals surface area (Å²) < 4.78 is 12.1. The Bertz CT molecular complexity index is 804. The maximum atomic E-state index is 11.9. The number of benzene rings is 1. The van der Waals surface area contributed by atoms with Crippen LogP contribution in [0, 0.1) is 6.92 Å². The van der Waals surface area contributed by atoms with Crippen LogP contribution in [0.3, 0.4) is 0 Å². The number of hydrogen-bond acceptors (Lipinski definition) is 5. The number of esters is 1. The van der Waals surface area contributed by atoms with Crippen molar-refractivity contribution in [3.63, 3.8) is 0 Å². The van der Waals surface area contributed by atoms with E-state index in [1.807, 2.05) is 31.2 Å². The molecule has 0 N–H and O–H groups in total. The minimum Gasteiger partial charge on any atom is -0.496 e. The Labute approximate surface area is 153 Å². The third-order valence-corrected chi connectivity index (χ3v) is 4.71. The lowest BCUT2D eigenvalue weighted by Gasteiger charge is -2.20. The number of ether oxygens (including phenoxy) is 2.